The van der Waals surface area contributed by atoms with Crippen LogP contribution in [0.15, 0.2) is 53.3 Å². The van der Waals surface area contributed by atoms with Crippen LogP contribution in [0.4, 0.5) is 0 Å². The fraction of sp³-hybridized carbons (Fsp3) is 0.360. The lowest BCUT2D eigenvalue weighted by Crippen LogP contribution is -2.45. The normalized spacial score (nSPS) is 14.2. The zero-order chi connectivity index (χ0) is 21.1. The highest BCUT2D eigenvalue weighted by Gasteiger charge is 2.25. The third-order valence-electron chi connectivity index (χ3n) is 6.02. The van der Waals surface area contributed by atoms with Crippen LogP contribution < -0.4 is 10.9 Å². The van der Waals surface area contributed by atoms with E-state index in [1.807, 2.05) is 31.2 Å². The van der Waals surface area contributed by atoms with Crippen molar-refractivity contribution >= 4 is 28.2 Å². The van der Waals surface area contributed by atoms with Crippen LogP contribution in [0.3, 0.4) is 0 Å². The molecule has 1 fully saturated rings. The van der Waals surface area contributed by atoms with Gasteiger partial charge in [-0.1, -0.05) is 54.8 Å². The third-order valence-corrected chi connectivity index (χ3v) is 6.40. The van der Waals surface area contributed by atoms with Crippen molar-refractivity contribution in [2.24, 2.45) is 0 Å². The zero-order valence-electron chi connectivity index (χ0n) is 17.7. The first kappa shape index (κ1) is 20.6. The topological polar surface area (TPSA) is 48.1 Å². The molecule has 30 heavy (non-hydrogen) atoms. The van der Waals surface area contributed by atoms with Crippen molar-refractivity contribution in [2.45, 2.75) is 58.7 Å². The van der Waals surface area contributed by atoms with Gasteiger partial charge in [-0.3, -0.25) is 4.79 Å². The predicted octanol–water partition coefficient (Wildman–Crippen LogP) is 4.96. The quantitative estimate of drug-likeness (QED) is 0.574. The van der Waals surface area contributed by atoms with E-state index in [4.69, 9.17) is 12.2 Å². The minimum absolute atomic E-state index is 0.0247. The molecular formula is C25H29N3OS. The molecule has 0 atom stereocenters. The maximum atomic E-state index is 12.9. The van der Waals surface area contributed by atoms with E-state index in [1.165, 1.54) is 24.0 Å². The van der Waals surface area contributed by atoms with Crippen molar-refractivity contribution in [3.05, 3.63) is 81.1 Å². The fourth-order valence-electron chi connectivity index (χ4n) is 4.49. The Balaban J connectivity index is 1.59. The highest BCUT2D eigenvalue weighted by atomic mass is 32.1. The van der Waals surface area contributed by atoms with Crippen LogP contribution in [0.25, 0.3) is 10.9 Å². The maximum absolute atomic E-state index is 12.9. The summed E-state index contributed by atoms with van der Waals surface area (Å²) in [4.78, 5) is 18.2. The first-order valence-electron chi connectivity index (χ1n) is 10.7. The van der Waals surface area contributed by atoms with Crippen molar-refractivity contribution < 1.29 is 0 Å². The van der Waals surface area contributed by atoms with Gasteiger partial charge in [0.1, 0.15) is 0 Å². The van der Waals surface area contributed by atoms with Gasteiger partial charge in [-0.2, -0.15) is 0 Å². The number of fused-ring (bicyclic) bond motifs is 1. The summed E-state index contributed by atoms with van der Waals surface area (Å²) < 4.78 is 0. The molecule has 1 saturated carbocycles. The summed E-state index contributed by atoms with van der Waals surface area (Å²) in [6, 6.07) is 16.9. The van der Waals surface area contributed by atoms with Gasteiger partial charge in [0.05, 0.1) is 12.1 Å². The van der Waals surface area contributed by atoms with Crippen LogP contribution in [0.1, 0.15) is 47.9 Å². The average Bonchev–Trinajstić information content (AvgIpc) is 3.26. The summed E-state index contributed by atoms with van der Waals surface area (Å²) in [7, 11) is 0. The van der Waals surface area contributed by atoms with Crippen molar-refractivity contribution in [2.75, 3.05) is 0 Å². The molecule has 0 radical (unpaired) electrons. The van der Waals surface area contributed by atoms with Crippen molar-refractivity contribution in [3.8, 4) is 0 Å². The molecule has 0 amide bonds. The molecule has 0 bridgehead atoms. The van der Waals surface area contributed by atoms with Crippen LogP contribution in [-0.2, 0) is 13.1 Å². The second kappa shape index (κ2) is 9.00. The number of aryl methyl sites for hydroxylation is 2. The van der Waals surface area contributed by atoms with Crippen LogP contribution >= 0.6 is 12.2 Å². The molecule has 0 saturated heterocycles. The van der Waals surface area contributed by atoms with Gasteiger partial charge in [-0.15, -0.1) is 0 Å². The number of aromatic nitrogens is 1. The third kappa shape index (κ3) is 4.57. The molecule has 156 valence electrons. The first-order valence-corrected chi connectivity index (χ1v) is 11.1. The van der Waals surface area contributed by atoms with E-state index in [2.05, 4.69) is 46.4 Å². The number of pyridine rings is 1. The Labute approximate surface area is 183 Å². The van der Waals surface area contributed by atoms with Crippen molar-refractivity contribution in [1.29, 1.82) is 0 Å². The number of rotatable bonds is 5. The Bertz CT molecular complexity index is 1100. The molecule has 2 N–H and O–H groups in total. The SMILES string of the molecule is Cc1cc(C)c2[nH]c(=O)c(CN(C(=S)NCc3ccccc3)C3CCCC3)cc2c1. The minimum Gasteiger partial charge on any atom is -0.358 e. The molecule has 0 spiro atoms. The molecular weight excluding hydrogens is 390 g/mol. The Hall–Kier alpha value is -2.66. The number of hydrogen-bond acceptors (Lipinski definition) is 2. The molecule has 3 aromatic rings. The Morgan fingerprint density at radius 1 is 1.13 bits per heavy atom. The molecule has 1 aliphatic rings. The molecule has 1 aromatic heterocycles. The van der Waals surface area contributed by atoms with Crippen LogP contribution in [-0.4, -0.2) is 21.0 Å². The number of H-pyrrole nitrogens is 1. The fourth-order valence-corrected chi connectivity index (χ4v) is 4.78. The Kier molecular flexibility index (Phi) is 6.18. The first-order chi connectivity index (χ1) is 14.5. The van der Waals surface area contributed by atoms with E-state index in [-0.39, 0.29) is 5.56 Å². The maximum Gasteiger partial charge on any atom is 0.253 e. The minimum atomic E-state index is -0.0247. The van der Waals surface area contributed by atoms with Gasteiger partial charge < -0.3 is 15.2 Å². The van der Waals surface area contributed by atoms with Gasteiger partial charge in [0.25, 0.3) is 5.56 Å². The second-order valence-corrected chi connectivity index (χ2v) is 8.77. The number of aromatic amines is 1. The highest BCUT2D eigenvalue weighted by molar-refractivity contribution is 7.80. The summed E-state index contributed by atoms with van der Waals surface area (Å²) >= 11 is 5.79. The monoisotopic (exact) mass is 419 g/mol. The summed E-state index contributed by atoms with van der Waals surface area (Å²) in [5.41, 5.74) is 5.16. The lowest BCUT2D eigenvalue weighted by Gasteiger charge is -2.31. The second-order valence-electron chi connectivity index (χ2n) is 8.38. The predicted molar refractivity (Wildman–Crippen MR) is 128 cm³/mol. The largest absolute Gasteiger partial charge is 0.358 e. The molecule has 2 aromatic carbocycles. The lowest BCUT2D eigenvalue weighted by molar-refractivity contribution is 0.302. The number of nitrogens with one attached hydrogen (secondary N) is 2. The van der Waals surface area contributed by atoms with Gasteiger partial charge in [0, 0.05) is 18.2 Å². The molecule has 4 nitrogen and oxygen atoms in total. The summed E-state index contributed by atoms with van der Waals surface area (Å²) in [6.07, 6.45) is 4.68. The Morgan fingerprint density at radius 2 is 1.87 bits per heavy atom. The highest BCUT2D eigenvalue weighted by Crippen LogP contribution is 2.26. The smallest absolute Gasteiger partial charge is 0.253 e. The van der Waals surface area contributed by atoms with E-state index < -0.39 is 0 Å². The molecule has 1 aliphatic carbocycles. The number of thiocarbonyl (C=S) groups is 1. The Morgan fingerprint density at radius 3 is 2.60 bits per heavy atom. The number of benzene rings is 2. The van der Waals surface area contributed by atoms with Crippen molar-refractivity contribution in [1.82, 2.24) is 15.2 Å². The van der Waals surface area contributed by atoms with E-state index in [1.54, 1.807) is 0 Å². The van der Waals surface area contributed by atoms with E-state index in [0.29, 0.717) is 19.1 Å². The van der Waals surface area contributed by atoms with Gasteiger partial charge in [0.15, 0.2) is 5.11 Å². The average molecular weight is 420 g/mol. The molecule has 4 rings (SSSR count). The standard InChI is InChI=1S/C25H29N3OS/c1-17-12-18(2)23-20(13-17)14-21(24(29)27-23)16-28(22-10-6-7-11-22)25(30)26-15-19-8-4-3-5-9-19/h3-5,8-9,12-14,22H,6-7,10-11,15-16H2,1-2H3,(H,26,30)(H,27,29). The van der Waals surface area contributed by atoms with Crippen LogP contribution in [0.5, 0.6) is 0 Å². The molecule has 1 heterocycles. The van der Waals surface area contributed by atoms with Gasteiger partial charge in [0.2, 0.25) is 0 Å². The summed E-state index contributed by atoms with van der Waals surface area (Å²) in [6.45, 7) is 5.35. The van der Waals surface area contributed by atoms with Gasteiger partial charge >= 0.3 is 0 Å². The van der Waals surface area contributed by atoms with E-state index >= 15 is 0 Å². The number of nitrogens with zero attached hydrogens (tertiary/aromatic N) is 1. The zero-order valence-corrected chi connectivity index (χ0v) is 18.5. The van der Waals surface area contributed by atoms with Crippen LogP contribution in [0.2, 0.25) is 0 Å². The van der Waals surface area contributed by atoms with Gasteiger partial charge in [-0.05, 0) is 67.6 Å². The number of hydrogen-bond donors (Lipinski definition) is 2. The van der Waals surface area contributed by atoms with E-state index in [9.17, 15) is 4.79 Å². The van der Waals surface area contributed by atoms with E-state index in [0.717, 1.165) is 40.0 Å². The molecule has 0 unspecified atom stereocenters. The summed E-state index contributed by atoms with van der Waals surface area (Å²) in [5, 5.41) is 5.22. The molecule has 5 heteroatoms. The summed E-state index contributed by atoms with van der Waals surface area (Å²) in [5.74, 6) is 0. The molecule has 0 aliphatic heterocycles. The van der Waals surface area contributed by atoms with Gasteiger partial charge in [-0.25, -0.2) is 0 Å². The van der Waals surface area contributed by atoms with Crippen LogP contribution in [0, 0.1) is 13.8 Å². The van der Waals surface area contributed by atoms with Crippen molar-refractivity contribution in [3.63, 3.8) is 0 Å². The lowest BCUT2D eigenvalue weighted by atomic mass is 10.0.